The summed E-state index contributed by atoms with van der Waals surface area (Å²) in [6.07, 6.45) is -6.24. The van der Waals surface area contributed by atoms with Gasteiger partial charge in [0, 0.05) is 33.4 Å². The fraction of sp³-hybridized carbons (Fsp3) is 0.379. The molecule has 222 valence electrons. The zero-order valence-corrected chi connectivity index (χ0v) is 23.7. The third-order valence-electron chi connectivity index (χ3n) is 6.35. The van der Waals surface area contributed by atoms with Crippen molar-refractivity contribution in [3.63, 3.8) is 0 Å². The minimum absolute atomic E-state index is 0.292. The Kier molecular flexibility index (Phi) is 9.21. The van der Waals surface area contributed by atoms with E-state index in [0.717, 1.165) is 20.8 Å². The van der Waals surface area contributed by atoms with Gasteiger partial charge in [-0.3, -0.25) is 28.5 Å². The molecule has 5 atom stereocenters. The number of aromatic nitrogens is 2. The third-order valence-corrected chi connectivity index (χ3v) is 6.35. The van der Waals surface area contributed by atoms with Crippen LogP contribution in [0.2, 0.25) is 0 Å². The molecule has 1 aliphatic rings. The van der Waals surface area contributed by atoms with E-state index in [0.29, 0.717) is 28.1 Å². The predicted molar refractivity (Wildman–Crippen MR) is 148 cm³/mol. The fourth-order valence-corrected chi connectivity index (χ4v) is 4.78. The zero-order chi connectivity index (χ0) is 30.6. The van der Waals surface area contributed by atoms with E-state index in [9.17, 15) is 24.0 Å². The number of para-hydroxylation sites is 1. The number of ether oxygens (including phenoxy) is 5. The Morgan fingerprint density at radius 1 is 0.857 bits per heavy atom. The molecule has 0 unspecified atom stereocenters. The Morgan fingerprint density at radius 2 is 1.48 bits per heavy atom. The van der Waals surface area contributed by atoms with E-state index in [1.165, 1.54) is 11.5 Å². The smallest absolute Gasteiger partial charge is 0.303 e. The van der Waals surface area contributed by atoms with E-state index in [4.69, 9.17) is 23.7 Å². The van der Waals surface area contributed by atoms with Gasteiger partial charge in [0.2, 0.25) is 0 Å². The quantitative estimate of drug-likeness (QED) is 0.305. The highest BCUT2D eigenvalue weighted by molar-refractivity contribution is 5.82. The van der Waals surface area contributed by atoms with Gasteiger partial charge in [0.15, 0.2) is 24.5 Å². The van der Waals surface area contributed by atoms with Gasteiger partial charge in [0.05, 0.1) is 16.6 Å². The highest BCUT2D eigenvalue weighted by atomic mass is 16.7. The lowest BCUT2D eigenvalue weighted by Gasteiger charge is -2.44. The van der Waals surface area contributed by atoms with Crippen LogP contribution >= 0.6 is 0 Å². The van der Waals surface area contributed by atoms with Gasteiger partial charge in [0.25, 0.3) is 5.56 Å². The molecule has 42 heavy (non-hydrogen) atoms. The van der Waals surface area contributed by atoms with Crippen LogP contribution in [0.4, 0.5) is 5.69 Å². The largest absolute Gasteiger partial charge is 0.463 e. The normalized spacial score (nSPS) is 21.7. The summed E-state index contributed by atoms with van der Waals surface area (Å²) in [7, 11) is 0. The number of hydrogen-bond donors (Lipinski definition) is 1. The van der Waals surface area contributed by atoms with Crippen LogP contribution in [0, 0.1) is 6.92 Å². The molecular formula is C29H31N3O10. The van der Waals surface area contributed by atoms with Crippen molar-refractivity contribution < 1.29 is 42.9 Å². The van der Waals surface area contributed by atoms with Gasteiger partial charge in [-0.1, -0.05) is 18.2 Å². The van der Waals surface area contributed by atoms with E-state index in [1.54, 1.807) is 37.3 Å². The van der Waals surface area contributed by atoms with Gasteiger partial charge in [-0.25, -0.2) is 4.98 Å². The van der Waals surface area contributed by atoms with Crippen LogP contribution in [0.5, 0.6) is 0 Å². The second-order valence-corrected chi connectivity index (χ2v) is 9.63. The predicted octanol–water partition coefficient (Wildman–Crippen LogP) is 2.19. The summed E-state index contributed by atoms with van der Waals surface area (Å²) in [5.74, 6) is -2.32. The molecular weight excluding hydrogens is 550 g/mol. The summed E-state index contributed by atoms with van der Waals surface area (Å²) < 4.78 is 29.1. The number of nitrogens with one attached hydrogen (secondary N) is 1. The second-order valence-electron chi connectivity index (χ2n) is 9.63. The maximum Gasteiger partial charge on any atom is 0.303 e. The van der Waals surface area contributed by atoms with Crippen LogP contribution in [0.25, 0.3) is 16.6 Å². The lowest BCUT2D eigenvalue weighted by molar-refractivity contribution is -0.247. The van der Waals surface area contributed by atoms with E-state index in [1.807, 2.05) is 18.2 Å². The molecule has 0 spiro atoms. The standard InChI is InChI=1S/C29H31N3O10/c1-15-30-23-12-11-20(13-22(23)29(37)32(15)21-9-7-6-8-10-21)31-28-27(41-19(5)36)26(40-18(4)35)25(39-17(3)34)24(42-28)14-38-16(2)33/h6-13,24-28,31H,14H2,1-5H3/t24-,25-,26+,27-,28-/m1/s1. The summed E-state index contributed by atoms with van der Waals surface area (Å²) in [4.78, 5) is 65.9. The summed E-state index contributed by atoms with van der Waals surface area (Å²) >= 11 is 0. The fourth-order valence-electron chi connectivity index (χ4n) is 4.78. The molecule has 1 fully saturated rings. The number of anilines is 1. The summed E-state index contributed by atoms with van der Waals surface area (Å²) in [5.41, 5.74) is 1.17. The van der Waals surface area contributed by atoms with Crippen LogP contribution in [0.15, 0.2) is 53.3 Å². The molecule has 1 saturated heterocycles. The first-order valence-electron chi connectivity index (χ1n) is 13.1. The lowest BCUT2D eigenvalue weighted by Crippen LogP contribution is -2.64. The first kappa shape index (κ1) is 30.2. The average molecular weight is 582 g/mol. The van der Waals surface area contributed by atoms with Crippen molar-refractivity contribution in [1.29, 1.82) is 0 Å². The molecule has 1 aromatic heterocycles. The van der Waals surface area contributed by atoms with E-state index < -0.39 is 54.5 Å². The van der Waals surface area contributed by atoms with Crippen molar-refractivity contribution in [1.82, 2.24) is 9.55 Å². The SMILES string of the molecule is CC(=O)OC[C@H]1O[C@@H](Nc2ccc3nc(C)n(-c4ccccc4)c(=O)c3c2)[C@H](OC(C)=O)[C@@H](OC(C)=O)[C@@H]1OC(C)=O. The van der Waals surface area contributed by atoms with Gasteiger partial charge in [0.1, 0.15) is 18.5 Å². The molecule has 0 aliphatic carbocycles. The number of nitrogens with zero attached hydrogens (tertiary/aromatic N) is 2. The number of carbonyl (C=O) groups excluding carboxylic acids is 4. The lowest BCUT2D eigenvalue weighted by atomic mass is 9.97. The maximum atomic E-state index is 13.6. The highest BCUT2D eigenvalue weighted by Crippen LogP contribution is 2.30. The van der Waals surface area contributed by atoms with Gasteiger partial charge >= 0.3 is 23.9 Å². The Hall–Kier alpha value is -4.78. The molecule has 1 aliphatic heterocycles. The van der Waals surface area contributed by atoms with Crippen LogP contribution in [0.1, 0.15) is 33.5 Å². The Morgan fingerprint density at radius 3 is 2.10 bits per heavy atom. The summed E-state index contributed by atoms with van der Waals surface area (Å²) in [6, 6.07) is 13.9. The van der Waals surface area contributed by atoms with Crippen LogP contribution in [0.3, 0.4) is 0 Å². The van der Waals surface area contributed by atoms with Crippen molar-refractivity contribution in [2.24, 2.45) is 0 Å². The number of benzene rings is 2. The van der Waals surface area contributed by atoms with Crippen LogP contribution in [-0.2, 0) is 42.9 Å². The maximum absolute atomic E-state index is 13.6. The molecule has 0 radical (unpaired) electrons. The summed E-state index contributed by atoms with van der Waals surface area (Å²) in [6.45, 7) is 6.01. The van der Waals surface area contributed by atoms with Crippen molar-refractivity contribution in [3.05, 3.63) is 64.7 Å². The minimum atomic E-state index is -1.33. The first-order chi connectivity index (χ1) is 19.9. The van der Waals surface area contributed by atoms with Gasteiger partial charge < -0.3 is 29.0 Å². The number of carbonyl (C=O) groups is 4. The third kappa shape index (κ3) is 6.92. The number of aryl methyl sites for hydroxylation is 1. The molecule has 13 heteroatoms. The van der Waals surface area contributed by atoms with Crippen molar-refractivity contribution in [3.8, 4) is 5.69 Å². The second kappa shape index (κ2) is 12.8. The molecule has 3 aromatic rings. The average Bonchev–Trinajstić information content (AvgIpc) is 2.91. The molecule has 0 amide bonds. The van der Waals surface area contributed by atoms with Gasteiger partial charge in [-0.2, -0.15) is 0 Å². The zero-order valence-electron chi connectivity index (χ0n) is 23.7. The molecule has 0 bridgehead atoms. The molecule has 2 aromatic carbocycles. The summed E-state index contributed by atoms with van der Waals surface area (Å²) in [5, 5.41) is 3.37. The van der Waals surface area contributed by atoms with Crippen molar-refractivity contribution in [2.45, 2.75) is 65.3 Å². The minimum Gasteiger partial charge on any atom is -0.463 e. The first-order valence-corrected chi connectivity index (χ1v) is 13.1. The van der Waals surface area contributed by atoms with E-state index >= 15 is 0 Å². The van der Waals surface area contributed by atoms with Crippen molar-refractivity contribution in [2.75, 3.05) is 11.9 Å². The van der Waals surface area contributed by atoms with Crippen molar-refractivity contribution >= 4 is 40.5 Å². The van der Waals surface area contributed by atoms with Gasteiger partial charge in [-0.05, 0) is 37.3 Å². The number of hydrogen-bond acceptors (Lipinski definition) is 12. The molecule has 4 rings (SSSR count). The Bertz CT molecular complexity index is 1550. The Balaban J connectivity index is 1.76. The molecule has 2 heterocycles. The molecule has 1 N–H and O–H groups in total. The topological polar surface area (TPSA) is 161 Å². The van der Waals surface area contributed by atoms with E-state index in [2.05, 4.69) is 10.3 Å². The monoisotopic (exact) mass is 581 g/mol. The highest BCUT2D eigenvalue weighted by Gasteiger charge is 2.52. The number of fused-ring (bicyclic) bond motifs is 1. The van der Waals surface area contributed by atoms with Crippen LogP contribution in [-0.4, -0.2) is 70.7 Å². The van der Waals surface area contributed by atoms with E-state index in [-0.39, 0.29) is 12.2 Å². The molecule has 0 saturated carbocycles. The number of esters is 4. The van der Waals surface area contributed by atoms with Crippen LogP contribution < -0.4 is 10.9 Å². The Labute approximate surface area is 240 Å². The van der Waals surface area contributed by atoms with Gasteiger partial charge in [-0.15, -0.1) is 0 Å². The molecule has 13 nitrogen and oxygen atoms in total. The number of rotatable bonds is 8.